The minimum Gasteiger partial charge on any atom is -0.497 e. The van der Waals surface area contributed by atoms with Crippen molar-refractivity contribution in [3.63, 3.8) is 0 Å². The summed E-state index contributed by atoms with van der Waals surface area (Å²) in [5.74, 6) is 1.49. The quantitative estimate of drug-likeness (QED) is 0.285. The molecule has 0 saturated carbocycles. The summed E-state index contributed by atoms with van der Waals surface area (Å²) in [6, 6.07) is 26.3. The van der Waals surface area contributed by atoms with Gasteiger partial charge in [-0.2, -0.15) is 0 Å². The van der Waals surface area contributed by atoms with Crippen LogP contribution in [0.1, 0.15) is 47.5 Å². The Balaban J connectivity index is 1.51. The van der Waals surface area contributed by atoms with Crippen LogP contribution in [0.2, 0.25) is 0 Å². The molecule has 0 fully saturated rings. The molecular formula is C30H32N6O2. The molecule has 194 valence electrons. The number of fused-ring (bicyclic) bond motifs is 1. The maximum Gasteiger partial charge on any atom is 0.252 e. The first kappa shape index (κ1) is 25.4. The number of nitrogens with zero attached hydrogens (tertiary/aromatic N) is 5. The lowest BCUT2D eigenvalue weighted by atomic mass is 10.1. The number of benzene rings is 3. The zero-order valence-corrected chi connectivity index (χ0v) is 22.0. The fourth-order valence-corrected chi connectivity index (χ4v) is 4.82. The number of pyridine rings is 1. The predicted molar refractivity (Wildman–Crippen MR) is 148 cm³/mol. The maximum atomic E-state index is 13.2. The molecule has 38 heavy (non-hydrogen) atoms. The molecule has 8 heteroatoms. The highest BCUT2D eigenvalue weighted by molar-refractivity contribution is 5.80. The molecule has 5 rings (SSSR count). The number of nitrogens with one attached hydrogen (secondary N) is 1. The largest absolute Gasteiger partial charge is 0.497 e. The maximum absolute atomic E-state index is 13.2. The molecule has 0 aliphatic rings. The van der Waals surface area contributed by atoms with Gasteiger partial charge in [-0.25, -0.2) is 4.68 Å². The third-order valence-corrected chi connectivity index (χ3v) is 6.87. The van der Waals surface area contributed by atoms with Crippen molar-refractivity contribution in [3.8, 4) is 5.75 Å². The van der Waals surface area contributed by atoms with Crippen molar-refractivity contribution in [3.05, 3.63) is 117 Å². The van der Waals surface area contributed by atoms with Crippen molar-refractivity contribution in [2.24, 2.45) is 0 Å². The van der Waals surface area contributed by atoms with E-state index in [1.54, 1.807) is 7.11 Å². The molecule has 0 aliphatic carbocycles. The zero-order chi connectivity index (χ0) is 26.5. The fraction of sp³-hybridized carbons (Fsp3) is 0.267. The van der Waals surface area contributed by atoms with Gasteiger partial charge in [0.05, 0.1) is 25.2 Å². The first-order valence-electron chi connectivity index (χ1n) is 12.8. The van der Waals surface area contributed by atoms with E-state index in [2.05, 4.69) is 75.7 Å². The number of ether oxygens (including phenoxy) is 1. The van der Waals surface area contributed by atoms with Crippen LogP contribution in [0.15, 0.2) is 83.7 Å². The number of aromatic amines is 1. The molecule has 0 unspecified atom stereocenters. The number of tetrazole rings is 1. The van der Waals surface area contributed by atoms with Crippen LogP contribution in [0, 0.1) is 6.92 Å². The van der Waals surface area contributed by atoms with Crippen LogP contribution < -0.4 is 10.3 Å². The summed E-state index contributed by atoms with van der Waals surface area (Å²) in [5, 5.41) is 13.7. The first-order valence-corrected chi connectivity index (χ1v) is 12.8. The summed E-state index contributed by atoms with van der Waals surface area (Å²) >= 11 is 0. The highest BCUT2D eigenvalue weighted by Gasteiger charge is 2.26. The second kappa shape index (κ2) is 11.4. The molecule has 0 bridgehead atoms. The van der Waals surface area contributed by atoms with Crippen molar-refractivity contribution in [2.75, 3.05) is 7.11 Å². The number of H-pyrrole nitrogens is 1. The number of aromatic nitrogens is 5. The summed E-state index contributed by atoms with van der Waals surface area (Å²) in [5.41, 5.74) is 4.83. The Morgan fingerprint density at radius 1 is 0.974 bits per heavy atom. The molecule has 5 aromatic rings. The highest BCUT2D eigenvalue weighted by Crippen LogP contribution is 2.27. The molecule has 0 radical (unpaired) electrons. The van der Waals surface area contributed by atoms with Crippen molar-refractivity contribution >= 4 is 10.9 Å². The van der Waals surface area contributed by atoms with E-state index in [-0.39, 0.29) is 11.6 Å². The number of rotatable bonds is 10. The Kier molecular flexibility index (Phi) is 7.60. The van der Waals surface area contributed by atoms with E-state index in [4.69, 9.17) is 4.74 Å². The monoisotopic (exact) mass is 508 g/mol. The number of aryl methyl sites for hydroxylation is 1. The van der Waals surface area contributed by atoms with Crippen LogP contribution in [0.25, 0.3) is 10.9 Å². The Morgan fingerprint density at radius 2 is 1.76 bits per heavy atom. The van der Waals surface area contributed by atoms with E-state index in [9.17, 15) is 4.79 Å². The van der Waals surface area contributed by atoms with E-state index in [1.165, 1.54) is 5.56 Å². The second-order valence-corrected chi connectivity index (χ2v) is 9.57. The molecular weight excluding hydrogens is 476 g/mol. The Hall–Kier alpha value is -4.30. The van der Waals surface area contributed by atoms with Gasteiger partial charge in [-0.3, -0.25) is 9.69 Å². The summed E-state index contributed by atoms with van der Waals surface area (Å²) in [7, 11) is 1.62. The fourth-order valence-electron chi connectivity index (χ4n) is 4.82. The van der Waals surface area contributed by atoms with Crippen LogP contribution in [0.4, 0.5) is 0 Å². The van der Waals surface area contributed by atoms with Crippen LogP contribution in [0.5, 0.6) is 5.75 Å². The normalized spacial score (nSPS) is 12.2. The number of hydrogen-bond donors (Lipinski definition) is 1. The van der Waals surface area contributed by atoms with Crippen LogP contribution in [0.3, 0.4) is 0 Å². The summed E-state index contributed by atoms with van der Waals surface area (Å²) in [4.78, 5) is 18.5. The van der Waals surface area contributed by atoms with E-state index in [0.29, 0.717) is 30.9 Å². The van der Waals surface area contributed by atoms with Gasteiger partial charge in [-0.05, 0) is 58.5 Å². The number of hydrogen-bond acceptors (Lipinski definition) is 6. The minimum absolute atomic E-state index is 0.0963. The van der Waals surface area contributed by atoms with Gasteiger partial charge in [0.25, 0.3) is 5.56 Å². The molecule has 0 spiro atoms. The lowest BCUT2D eigenvalue weighted by Gasteiger charge is -2.30. The van der Waals surface area contributed by atoms with Crippen LogP contribution >= 0.6 is 0 Å². The first-order chi connectivity index (χ1) is 18.5. The van der Waals surface area contributed by atoms with Crippen LogP contribution in [-0.4, -0.2) is 37.2 Å². The van der Waals surface area contributed by atoms with E-state index >= 15 is 0 Å². The summed E-state index contributed by atoms with van der Waals surface area (Å²) in [6.07, 6.45) is 0.781. The van der Waals surface area contributed by atoms with Gasteiger partial charge < -0.3 is 9.72 Å². The van der Waals surface area contributed by atoms with Crippen LogP contribution in [-0.2, 0) is 19.6 Å². The van der Waals surface area contributed by atoms with Gasteiger partial charge >= 0.3 is 0 Å². The highest BCUT2D eigenvalue weighted by atomic mass is 16.5. The molecule has 1 N–H and O–H groups in total. The van der Waals surface area contributed by atoms with E-state index in [1.807, 2.05) is 47.1 Å². The van der Waals surface area contributed by atoms with Gasteiger partial charge in [0.1, 0.15) is 5.75 Å². The van der Waals surface area contributed by atoms with Crippen molar-refractivity contribution in [2.45, 2.75) is 45.9 Å². The zero-order valence-electron chi connectivity index (χ0n) is 22.0. The predicted octanol–water partition coefficient (Wildman–Crippen LogP) is 5.03. The summed E-state index contributed by atoms with van der Waals surface area (Å²) in [6.45, 7) is 5.89. The van der Waals surface area contributed by atoms with Gasteiger partial charge in [0.2, 0.25) is 0 Å². The Morgan fingerprint density at radius 3 is 2.50 bits per heavy atom. The molecule has 8 nitrogen and oxygen atoms in total. The summed E-state index contributed by atoms with van der Waals surface area (Å²) < 4.78 is 7.19. The third-order valence-electron chi connectivity index (χ3n) is 6.87. The topological polar surface area (TPSA) is 88.9 Å². The average Bonchev–Trinajstić information content (AvgIpc) is 3.38. The van der Waals surface area contributed by atoms with Gasteiger partial charge in [-0.1, -0.05) is 67.1 Å². The molecule has 1 atom stereocenters. The van der Waals surface area contributed by atoms with Crippen molar-refractivity contribution < 1.29 is 4.74 Å². The molecule has 0 amide bonds. The van der Waals surface area contributed by atoms with E-state index < -0.39 is 0 Å². The minimum atomic E-state index is -0.113. The molecule has 3 aromatic carbocycles. The third kappa shape index (κ3) is 5.65. The van der Waals surface area contributed by atoms with Crippen molar-refractivity contribution in [1.29, 1.82) is 0 Å². The van der Waals surface area contributed by atoms with Gasteiger partial charge in [0, 0.05) is 24.7 Å². The lowest BCUT2D eigenvalue weighted by molar-refractivity contribution is 0.161. The molecule has 2 heterocycles. The number of methoxy groups -OCH3 is 1. The Bertz CT molecular complexity index is 1560. The second-order valence-electron chi connectivity index (χ2n) is 9.57. The molecule has 0 saturated heterocycles. The van der Waals surface area contributed by atoms with E-state index in [0.717, 1.165) is 34.3 Å². The molecule has 0 aliphatic heterocycles. The Labute approximate surface area is 221 Å². The SMILES string of the molecule is CC[C@@H](c1nnnn1Cc1ccccc1)N(Cc1ccc(C)cc1)Cc1cc2ccc(OC)cc2[nH]c1=O. The smallest absolute Gasteiger partial charge is 0.252 e. The standard InChI is InChI=1S/C30H32N6O2/c1-4-28(29-32-33-34-36(29)19-22-8-6-5-7-9-22)35(18-23-12-10-21(2)11-13-23)20-25-16-24-14-15-26(38-3)17-27(24)31-30(25)37/h5-17,28H,4,18-20H2,1-3H3,(H,31,37)/t28-/m0/s1. The van der Waals surface area contributed by atoms with Gasteiger partial charge in [0.15, 0.2) is 5.82 Å². The van der Waals surface area contributed by atoms with Crippen molar-refractivity contribution in [1.82, 2.24) is 30.1 Å². The molecule has 2 aromatic heterocycles. The van der Waals surface area contributed by atoms with Gasteiger partial charge in [-0.15, -0.1) is 5.10 Å². The average molecular weight is 509 g/mol. The lowest BCUT2D eigenvalue weighted by Crippen LogP contribution is -2.32.